The molecule has 0 aliphatic rings. The summed E-state index contributed by atoms with van der Waals surface area (Å²) < 4.78 is 2.74. The standard InChI is InChI=1S/C11H14BrN5/c1-8(7-17-4-2-3-15-17)16-11-10(13)5-9(12)6-14-11/h2-6,8H,7,13H2,1H3,(H,14,16). The smallest absolute Gasteiger partial charge is 0.149 e. The molecule has 1 unspecified atom stereocenters. The van der Waals surface area contributed by atoms with E-state index in [2.05, 4.69) is 38.3 Å². The first-order valence-electron chi connectivity index (χ1n) is 5.30. The fraction of sp³-hybridized carbons (Fsp3) is 0.273. The molecule has 2 aromatic heterocycles. The first-order chi connectivity index (χ1) is 8.15. The van der Waals surface area contributed by atoms with Crippen LogP contribution in [0, 0.1) is 0 Å². The van der Waals surface area contributed by atoms with E-state index >= 15 is 0 Å². The lowest BCUT2D eigenvalue weighted by Gasteiger charge is -2.15. The van der Waals surface area contributed by atoms with E-state index in [4.69, 9.17) is 5.73 Å². The lowest BCUT2D eigenvalue weighted by molar-refractivity contribution is 0.560. The molecule has 1 atom stereocenters. The van der Waals surface area contributed by atoms with Crippen LogP contribution >= 0.6 is 15.9 Å². The fourth-order valence-corrected chi connectivity index (χ4v) is 1.89. The highest BCUT2D eigenvalue weighted by Gasteiger charge is 2.07. The van der Waals surface area contributed by atoms with Crippen molar-refractivity contribution in [2.45, 2.75) is 19.5 Å². The molecule has 0 saturated carbocycles. The van der Waals surface area contributed by atoms with Gasteiger partial charge in [0.15, 0.2) is 0 Å². The number of nitrogen functional groups attached to an aromatic ring is 1. The minimum absolute atomic E-state index is 0.200. The third-order valence-corrected chi connectivity index (χ3v) is 2.72. The number of anilines is 2. The number of aromatic nitrogens is 3. The van der Waals surface area contributed by atoms with Crippen molar-refractivity contribution in [2.24, 2.45) is 0 Å². The molecule has 0 aliphatic carbocycles. The van der Waals surface area contributed by atoms with Crippen LogP contribution in [0.1, 0.15) is 6.92 Å². The highest BCUT2D eigenvalue weighted by atomic mass is 79.9. The van der Waals surface area contributed by atoms with Crippen molar-refractivity contribution in [3.05, 3.63) is 35.2 Å². The molecule has 2 heterocycles. The number of hydrogen-bond donors (Lipinski definition) is 2. The van der Waals surface area contributed by atoms with Crippen molar-refractivity contribution in [3.8, 4) is 0 Å². The van der Waals surface area contributed by atoms with Gasteiger partial charge in [-0.25, -0.2) is 4.98 Å². The van der Waals surface area contributed by atoms with Gasteiger partial charge < -0.3 is 11.1 Å². The summed E-state index contributed by atoms with van der Waals surface area (Å²) in [6, 6.07) is 3.93. The number of nitrogens with zero attached hydrogens (tertiary/aromatic N) is 3. The maximum Gasteiger partial charge on any atom is 0.149 e. The van der Waals surface area contributed by atoms with Crippen molar-refractivity contribution < 1.29 is 0 Å². The van der Waals surface area contributed by atoms with E-state index in [0.717, 1.165) is 11.0 Å². The molecule has 0 aliphatic heterocycles. The Bertz CT molecular complexity index is 483. The summed E-state index contributed by atoms with van der Waals surface area (Å²) in [7, 11) is 0. The zero-order valence-electron chi connectivity index (χ0n) is 9.47. The highest BCUT2D eigenvalue weighted by molar-refractivity contribution is 9.10. The first kappa shape index (κ1) is 11.9. The molecule has 6 heteroatoms. The average molecular weight is 296 g/mol. The second kappa shape index (κ2) is 5.18. The van der Waals surface area contributed by atoms with Gasteiger partial charge >= 0.3 is 0 Å². The summed E-state index contributed by atoms with van der Waals surface area (Å²) in [4.78, 5) is 4.23. The molecule has 0 radical (unpaired) electrons. The predicted octanol–water partition coefficient (Wildman–Crippen LogP) is 2.12. The molecule has 3 N–H and O–H groups in total. The van der Waals surface area contributed by atoms with Crippen molar-refractivity contribution in [3.63, 3.8) is 0 Å². The van der Waals surface area contributed by atoms with E-state index in [0.29, 0.717) is 11.5 Å². The Kier molecular flexibility index (Phi) is 3.63. The molecule has 0 bridgehead atoms. The van der Waals surface area contributed by atoms with Crippen LogP contribution < -0.4 is 11.1 Å². The van der Waals surface area contributed by atoms with Crippen LogP contribution in [-0.2, 0) is 6.54 Å². The van der Waals surface area contributed by atoms with Crippen LogP contribution in [-0.4, -0.2) is 20.8 Å². The Labute approximate surface area is 108 Å². The van der Waals surface area contributed by atoms with Gasteiger partial charge in [-0.1, -0.05) is 0 Å². The number of rotatable bonds is 4. The van der Waals surface area contributed by atoms with Gasteiger partial charge in [0.25, 0.3) is 0 Å². The zero-order chi connectivity index (χ0) is 12.3. The molecule has 0 aromatic carbocycles. The van der Waals surface area contributed by atoms with Gasteiger partial charge in [0.05, 0.1) is 12.2 Å². The number of pyridine rings is 1. The van der Waals surface area contributed by atoms with Crippen LogP contribution in [0.2, 0.25) is 0 Å². The summed E-state index contributed by atoms with van der Waals surface area (Å²) in [5.41, 5.74) is 6.50. The summed E-state index contributed by atoms with van der Waals surface area (Å²) >= 11 is 3.33. The van der Waals surface area contributed by atoms with Gasteiger partial charge in [0, 0.05) is 29.1 Å². The van der Waals surface area contributed by atoms with Crippen LogP contribution in [0.25, 0.3) is 0 Å². The van der Waals surface area contributed by atoms with Crippen LogP contribution in [0.5, 0.6) is 0 Å². The molecular weight excluding hydrogens is 282 g/mol. The average Bonchev–Trinajstić information content (AvgIpc) is 2.75. The Balaban J connectivity index is 2.00. The summed E-state index contributed by atoms with van der Waals surface area (Å²) in [5, 5.41) is 7.41. The maximum atomic E-state index is 5.87. The molecular formula is C11H14BrN5. The molecule has 2 aromatic rings. The lowest BCUT2D eigenvalue weighted by atomic mass is 10.3. The van der Waals surface area contributed by atoms with Crippen LogP contribution in [0.15, 0.2) is 35.2 Å². The minimum Gasteiger partial charge on any atom is -0.396 e. The molecule has 0 amide bonds. The van der Waals surface area contributed by atoms with E-state index in [1.165, 1.54) is 0 Å². The third kappa shape index (κ3) is 3.20. The van der Waals surface area contributed by atoms with Crippen molar-refractivity contribution in [1.29, 1.82) is 0 Å². The van der Waals surface area contributed by atoms with Crippen LogP contribution in [0.4, 0.5) is 11.5 Å². The van der Waals surface area contributed by atoms with Gasteiger partial charge in [0.2, 0.25) is 0 Å². The van der Waals surface area contributed by atoms with E-state index < -0.39 is 0 Å². The monoisotopic (exact) mass is 295 g/mol. The van der Waals surface area contributed by atoms with E-state index in [1.54, 1.807) is 12.4 Å². The van der Waals surface area contributed by atoms with Gasteiger partial charge in [-0.3, -0.25) is 4.68 Å². The summed E-state index contributed by atoms with van der Waals surface area (Å²) in [5.74, 6) is 0.702. The quantitative estimate of drug-likeness (QED) is 0.907. The second-order valence-electron chi connectivity index (χ2n) is 3.86. The highest BCUT2D eigenvalue weighted by Crippen LogP contribution is 2.20. The van der Waals surface area contributed by atoms with Crippen molar-refractivity contribution in [2.75, 3.05) is 11.1 Å². The normalized spacial score (nSPS) is 12.4. The predicted molar refractivity (Wildman–Crippen MR) is 71.7 cm³/mol. The zero-order valence-corrected chi connectivity index (χ0v) is 11.1. The Morgan fingerprint density at radius 3 is 3.06 bits per heavy atom. The molecule has 0 fully saturated rings. The number of nitrogens with one attached hydrogen (secondary N) is 1. The molecule has 2 rings (SSSR count). The van der Waals surface area contributed by atoms with Crippen LogP contribution in [0.3, 0.4) is 0 Å². The summed E-state index contributed by atoms with van der Waals surface area (Å²) in [6.45, 7) is 2.83. The Morgan fingerprint density at radius 2 is 2.41 bits per heavy atom. The van der Waals surface area contributed by atoms with Crippen molar-refractivity contribution >= 4 is 27.4 Å². The largest absolute Gasteiger partial charge is 0.396 e. The molecule has 5 nitrogen and oxygen atoms in total. The first-order valence-corrected chi connectivity index (χ1v) is 6.09. The number of nitrogens with two attached hydrogens (primary N) is 1. The third-order valence-electron chi connectivity index (χ3n) is 2.29. The molecule has 17 heavy (non-hydrogen) atoms. The van der Waals surface area contributed by atoms with Gasteiger partial charge in [-0.2, -0.15) is 5.10 Å². The minimum atomic E-state index is 0.200. The van der Waals surface area contributed by atoms with Gasteiger partial charge in [-0.05, 0) is 35.0 Å². The lowest BCUT2D eigenvalue weighted by Crippen LogP contribution is -2.23. The van der Waals surface area contributed by atoms with E-state index in [9.17, 15) is 0 Å². The fourth-order valence-electron chi connectivity index (χ4n) is 1.54. The van der Waals surface area contributed by atoms with Gasteiger partial charge in [0.1, 0.15) is 5.82 Å². The molecule has 90 valence electrons. The summed E-state index contributed by atoms with van der Waals surface area (Å²) in [6.07, 6.45) is 5.41. The Morgan fingerprint density at radius 1 is 1.59 bits per heavy atom. The number of hydrogen-bond acceptors (Lipinski definition) is 4. The SMILES string of the molecule is CC(Cn1cccn1)Nc1ncc(Br)cc1N. The van der Waals surface area contributed by atoms with E-state index in [1.807, 2.05) is 23.0 Å². The maximum absolute atomic E-state index is 5.87. The second-order valence-corrected chi connectivity index (χ2v) is 4.78. The topological polar surface area (TPSA) is 68.8 Å². The van der Waals surface area contributed by atoms with Gasteiger partial charge in [-0.15, -0.1) is 0 Å². The molecule has 0 spiro atoms. The Hall–Kier alpha value is -1.56. The van der Waals surface area contributed by atoms with Crippen molar-refractivity contribution in [1.82, 2.24) is 14.8 Å². The molecule has 0 saturated heterocycles. The number of halogens is 1. The van der Waals surface area contributed by atoms with E-state index in [-0.39, 0.29) is 6.04 Å².